The van der Waals surface area contributed by atoms with Gasteiger partial charge in [-0.1, -0.05) is 0 Å². The maximum atomic E-state index is 14.3. The number of rotatable bonds is 5. The molecule has 1 aliphatic rings. The van der Waals surface area contributed by atoms with Crippen molar-refractivity contribution < 1.29 is 9.18 Å². The van der Waals surface area contributed by atoms with E-state index >= 15 is 0 Å². The van der Waals surface area contributed by atoms with Crippen molar-refractivity contribution in [1.82, 2.24) is 29.9 Å². The zero-order valence-corrected chi connectivity index (χ0v) is 18.6. The number of nitrogens with zero attached hydrogens (tertiary/aromatic N) is 6. The van der Waals surface area contributed by atoms with Gasteiger partial charge in [-0.25, -0.2) is 9.37 Å². The topological polar surface area (TPSA) is 112 Å². The van der Waals surface area contributed by atoms with Crippen molar-refractivity contribution in [3.05, 3.63) is 47.4 Å². The van der Waals surface area contributed by atoms with E-state index in [1.165, 1.54) is 6.07 Å². The molecule has 4 aromatic rings. The van der Waals surface area contributed by atoms with Crippen LogP contribution in [0.3, 0.4) is 0 Å². The van der Waals surface area contributed by atoms with E-state index in [0.29, 0.717) is 47.5 Å². The van der Waals surface area contributed by atoms with Crippen LogP contribution in [0.5, 0.6) is 0 Å². The maximum Gasteiger partial charge on any atom is 0.239 e. The number of pyridine rings is 1. The Labute approximate surface area is 189 Å². The first kappa shape index (κ1) is 20.9. The lowest BCUT2D eigenvalue weighted by Crippen LogP contribution is -2.48. The number of piperazine rings is 1. The van der Waals surface area contributed by atoms with Crippen LogP contribution in [0.1, 0.15) is 24.1 Å². The molecular weight excluding hydrogens is 425 g/mol. The van der Waals surface area contributed by atoms with Crippen LogP contribution in [0.4, 0.5) is 22.1 Å². The van der Waals surface area contributed by atoms with E-state index in [4.69, 9.17) is 4.98 Å². The van der Waals surface area contributed by atoms with E-state index < -0.39 is 0 Å². The fourth-order valence-electron chi connectivity index (χ4n) is 4.06. The van der Waals surface area contributed by atoms with Gasteiger partial charge in [0.05, 0.1) is 24.3 Å². The third kappa shape index (κ3) is 3.75. The molecule has 3 aromatic heterocycles. The van der Waals surface area contributed by atoms with Crippen LogP contribution in [0.15, 0.2) is 30.5 Å². The molecule has 170 valence electrons. The number of hydrogen-bond donors (Lipinski definition) is 3. The van der Waals surface area contributed by atoms with Gasteiger partial charge in [0, 0.05) is 42.7 Å². The summed E-state index contributed by atoms with van der Waals surface area (Å²) in [4.78, 5) is 27.8. The van der Waals surface area contributed by atoms with Gasteiger partial charge < -0.3 is 20.9 Å². The molecule has 0 saturated carbocycles. The molecule has 5 rings (SSSR count). The van der Waals surface area contributed by atoms with Gasteiger partial charge >= 0.3 is 0 Å². The minimum Gasteiger partial charge on any atom is -0.357 e. The van der Waals surface area contributed by atoms with E-state index in [-0.39, 0.29) is 24.3 Å². The van der Waals surface area contributed by atoms with E-state index in [9.17, 15) is 9.18 Å². The number of aromatic nitrogens is 5. The average molecular weight is 449 g/mol. The number of halogens is 1. The summed E-state index contributed by atoms with van der Waals surface area (Å²) in [6.07, 6.45) is 1.66. The van der Waals surface area contributed by atoms with Gasteiger partial charge in [-0.15, -0.1) is 0 Å². The van der Waals surface area contributed by atoms with Crippen molar-refractivity contribution >= 4 is 40.2 Å². The number of benzene rings is 1. The van der Waals surface area contributed by atoms with Gasteiger partial charge in [0.25, 0.3) is 0 Å². The van der Waals surface area contributed by atoms with Crippen LogP contribution in [-0.2, 0) is 4.79 Å². The standard InChI is InChI=1S/C22H24FN9O/c1-12-16(23)5-4-14-10-15(20(29-19(12)14)31-9-8-25-18(33)11-31)13(2)27-22-30-21(24-3)28-17-6-7-26-32(17)22/h4-7,10,13H,8-9,11H2,1-3H3,(H,25,33)(H2,24,27,28,30). The van der Waals surface area contributed by atoms with Crippen molar-refractivity contribution in [1.29, 1.82) is 0 Å². The summed E-state index contributed by atoms with van der Waals surface area (Å²) in [6.45, 7) is 5.02. The molecule has 4 heterocycles. The first-order valence-corrected chi connectivity index (χ1v) is 10.7. The molecule has 0 bridgehead atoms. The average Bonchev–Trinajstić information content (AvgIpc) is 3.30. The fourth-order valence-corrected chi connectivity index (χ4v) is 4.06. The molecule has 1 aliphatic heterocycles. The minimum atomic E-state index is -0.307. The molecule has 0 spiro atoms. The molecule has 3 N–H and O–H groups in total. The summed E-state index contributed by atoms with van der Waals surface area (Å²) in [5.74, 6) is 1.25. The Morgan fingerprint density at radius 2 is 2.06 bits per heavy atom. The van der Waals surface area contributed by atoms with Crippen molar-refractivity contribution in [2.24, 2.45) is 0 Å². The van der Waals surface area contributed by atoms with Crippen LogP contribution in [0.2, 0.25) is 0 Å². The van der Waals surface area contributed by atoms with Gasteiger partial charge in [-0.05, 0) is 32.0 Å². The minimum absolute atomic E-state index is 0.0709. The quantitative estimate of drug-likeness (QED) is 0.425. The summed E-state index contributed by atoms with van der Waals surface area (Å²) in [5, 5.41) is 14.4. The van der Waals surface area contributed by atoms with Crippen LogP contribution in [0, 0.1) is 12.7 Å². The molecule has 10 nitrogen and oxygen atoms in total. The molecule has 1 unspecified atom stereocenters. The molecular formula is C22H24FN9O. The predicted molar refractivity (Wildman–Crippen MR) is 124 cm³/mol. The zero-order valence-electron chi connectivity index (χ0n) is 18.6. The van der Waals surface area contributed by atoms with Crippen molar-refractivity contribution in [3.8, 4) is 0 Å². The van der Waals surface area contributed by atoms with Crippen molar-refractivity contribution in [3.63, 3.8) is 0 Å². The van der Waals surface area contributed by atoms with Crippen LogP contribution in [-0.4, -0.2) is 57.2 Å². The summed E-state index contributed by atoms with van der Waals surface area (Å²) >= 11 is 0. The van der Waals surface area contributed by atoms with E-state index in [1.807, 2.05) is 17.9 Å². The molecule has 1 aromatic carbocycles. The number of amides is 1. The summed E-state index contributed by atoms with van der Waals surface area (Å²) in [6, 6.07) is 6.72. The summed E-state index contributed by atoms with van der Waals surface area (Å²) in [5.41, 5.74) is 2.59. The highest BCUT2D eigenvalue weighted by Crippen LogP contribution is 2.32. The Morgan fingerprint density at radius 3 is 2.85 bits per heavy atom. The highest BCUT2D eigenvalue weighted by Gasteiger charge is 2.25. The lowest BCUT2D eigenvalue weighted by Gasteiger charge is -2.31. The fraction of sp³-hybridized carbons (Fsp3) is 0.318. The largest absolute Gasteiger partial charge is 0.357 e. The van der Waals surface area contributed by atoms with Gasteiger partial charge in [0.15, 0.2) is 5.65 Å². The van der Waals surface area contributed by atoms with Gasteiger partial charge in [0.2, 0.25) is 17.8 Å². The first-order valence-electron chi connectivity index (χ1n) is 10.7. The van der Waals surface area contributed by atoms with Crippen LogP contribution in [0.25, 0.3) is 16.6 Å². The molecule has 0 aliphatic carbocycles. The number of carbonyl (C=O) groups excluding carboxylic acids is 1. The molecule has 1 amide bonds. The third-order valence-corrected chi connectivity index (χ3v) is 5.81. The number of carbonyl (C=O) groups is 1. The monoisotopic (exact) mass is 449 g/mol. The van der Waals surface area contributed by atoms with Crippen LogP contribution < -0.4 is 20.9 Å². The molecule has 0 radical (unpaired) electrons. The number of aryl methyl sites for hydroxylation is 1. The van der Waals surface area contributed by atoms with Gasteiger partial charge in [0.1, 0.15) is 11.6 Å². The number of anilines is 3. The summed E-state index contributed by atoms with van der Waals surface area (Å²) in [7, 11) is 1.75. The Hall–Kier alpha value is -4.02. The maximum absolute atomic E-state index is 14.3. The van der Waals surface area contributed by atoms with Crippen molar-refractivity contribution in [2.75, 3.05) is 42.2 Å². The van der Waals surface area contributed by atoms with Crippen LogP contribution >= 0.6 is 0 Å². The van der Waals surface area contributed by atoms with Gasteiger partial charge in [-0.2, -0.15) is 19.6 Å². The first-order chi connectivity index (χ1) is 15.9. The third-order valence-electron chi connectivity index (χ3n) is 5.81. The Morgan fingerprint density at radius 1 is 1.21 bits per heavy atom. The molecule has 1 atom stereocenters. The highest BCUT2D eigenvalue weighted by atomic mass is 19.1. The smallest absolute Gasteiger partial charge is 0.239 e. The molecule has 1 fully saturated rings. The SMILES string of the molecule is CNc1nc(NC(C)c2cc3ccc(F)c(C)c3nc2N2CCNC(=O)C2)n2nccc2n1. The second kappa shape index (κ2) is 8.15. The second-order valence-corrected chi connectivity index (χ2v) is 8.00. The molecule has 1 saturated heterocycles. The predicted octanol–water partition coefficient (Wildman–Crippen LogP) is 2.27. The second-order valence-electron chi connectivity index (χ2n) is 8.00. The highest BCUT2D eigenvalue weighted by molar-refractivity contribution is 5.87. The lowest BCUT2D eigenvalue weighted by atomic mass is 10.0. The normalized spacial score (nSPS) is 15.0. The molecule has 11 heteroatoms. The Balaban J connectivity index is 1.61. The lowest BCUT2D eigenvalue weighted by molar-refractivity contribution is -0.120. The summed E-state index contributed by atoms with van der Waals surface area (Å²) < 4.78 is 15.9. The van der Waals surface area contributed by atoms with E-state index in [1.54, 1.807) is 36.8 Å². The molecule has 33 heavy (non-hydrogen) atoms. The Kier molecular flexibility index (Phi) is 5.15. The van der Waals surface area contributed by atoms with Crippen molar-refractivity contribution in [2.45, 2.75) is 19.9 Å². The van der Waals surface area contributed by atoms with Gasteiger partial charge in [-0.3, -0.25) is 4.79 Å². The van der Waals surface area contributed by atoms with E-state index in [0.717, 1.165) is 10.9 Å². The Bertz CT molecular complexity index is 1370. The number of fused-ring (bicyclic) bond motifs is 2. The number of hydrogen-bond acceptors (Lipinski definition) is 8. The number of nitrogens with one attached hydrogen (secondary N) is 3. The van der Waals surface area contributed by atoms with E-state index in [2.05, 4.69) is 31.0 Å². The zero-order chi connectivity index (χ0) is 23.1.